The van der Waals surface area contributed by atoms with Gasteiger partial charge in [-0.05, 0) is 58.0 Å². The van der Waals surface area contributed by atoms with Gasteiger partial charge in [-0.2, -0.15) is 0 Å². The molecule has 3 aromatic heterocycles. The molecule has 7 nitrogen and oxygen atoms in total. The standard InChI is InChI=1S/C22H24N6O/c1-13(2)27-11-17(21(29)16-10-15(23)8-9-20(16)27)18-6-5-7-19(25-18)22-26-24-12-28(22)14(3)4/h5-14H,23H2,1-4H3. The van der Waals surface area contributed by atoms with Crippen molar-refractivity contribution in [3.8, 4) is 22.8 Å². The molecule has 0 bridgehead atoms. The Morgan fingerprint density at radius 2 is 1.69 bits per heavy atom. The van der Waals surface area contributed by atoms with Crippen LogP contribution in [0.4, 0.5) is 5.69 Å². The van der Waals surface area contributed by atoms with Gasteiger partial charge in [0.25, 0.3) is 0 Å². The zero-order chi connectivity index (χ0) is 20.7. The monoisotopic (exact) mass is 388 g/mol. The molecule has 4 rings (SSSR count). The van der Waals surface area contributed by atoms with Gasteiger partial charge in [0.1, 0.15) is 12.0 Å². The minimum absolute atomic E-state index is 0.0841. The molecule has 0 fully saturated rings. The number of aromatic nitrogens is 5. The topological polar surface area (TPSA) is 91.6 Å². The summed E-state index contributed by atoms with van der Waals surface area (Å²) in [7, 11) is 0. The molecule has 0 aliphatic rings. The summed E-state index contributed by atoms with van der Waals surface area (Å²) in [6, 6.07) is 11.4. The van der Waals surface area contributed by atoms with E-state index in [-0.39, 0.29) is 17.5 Å². The summed E-state index contributed by atoms with van der Waals surface area (Å²) < 4.78 is 4.04. The normalized spacial score (nSPS) is 11.7. The first-order valence-corrected chi connectivity index (χ1v) is 9.68. The van der Waals surface area contributed by atoms with Crippen LogP contribution in [0.1, 0.15) is 39.8 Å². The third-order valence-corrected chi connectivity index (χ3v) is 5.00. The fraction of sp³-hybridized carbons (Fsp3) is 0.273. The summed E-state index contributed by atoms with van der Waals surface area (Å²) in [5.74, 6) is 0.677. The third-order valence-electron chi connectivity index (χ3n) is 5.00. The largest absolute Gasteiger partial charge is 0.399 e. The van der Waals surface area contributed by atoms with Crippen molar-refractivity contribution in [1.82, 2.24) is 24.3 Å². The van der Waals surface area contributed by atoms with Crippen molar-refractivity contribution in [3.05, 3.63) is 59.1 Å². The maximum absolute atomic E-state index is 13.3. The second kappa shape index (κ2) is 7.16. The number of nitrogens with two attached hydrogens (primary N) is 1. The summed E-state index contributed by atoms with van der Waals surface area (Å²) in [6.07, 6.45) is 3.57. The van der Waals surface area contributed by atoms with Crippen LogP contribution in [0, 0.1) is 0 Å². The first-order valence-electron chi connectivity index (χ1n) is 9.68. The average molecular weight is 388 g/mol. The molecule has 4 aromatic rings. The van der Waals surface area contributed by atoms with Gasteiger partial charge in [-0.25, -0.2) is 4.98 Å². The van der Waals surface area contributed by atoms with Crippen molar-refractivity contribution >= 4 is 16.6 Å². The summed E-state index contributed by atoms with van der Waals surface area (Å²) in [4.78, 5) is 18.0. The van der Waals surface area contributed by atoms with Crippen LogP contribution in [0.2, 0.25) is 0 Å². The van der Waals surface area contributed by atoms with Crippen molar-refractivity contribution < 1.29 is 0 Å². The van der Waals surface area contributed by atoms with Crippen molar-refractivity contribution in [2.24, 2.45) is 0 Å². The number of pyridine rings is 2. The molecule has 0 aliphatic heterocycles. The maximum atomic E-state index is 13.3. The molecule has 0 atom stereocenters. The molecule has 0 unspecified atom stereocenters. The first-order chi connectivity index (χ1) is 13.9. The number of nitrogens with zero attached hydrogens (tertiary/aromatic N) is 5. The summed E-state index contributed by atoms with van der Waals surface area (Å²) in [6.45, 7) is 8.29. The van der Waals surface area contributed by atoms with E-state index in [0.29, 0.717) is 33.8 Å². The fourth-order valence-electron chi connectivity index (χ4n) is 3.50. The molecule has 1 aromatic carbocycles. The van der Waals surface area contributed by atoms with Gasteiger partial charge in [-0.3, -0.25) is 4.79 Å². The zero-order valence-corrected chi connectivity index (χ0v) is 17.0. The van der Waals surface area contributed by atoms with Gasteiger partial charge in [0.15, 0.2) is 11.3 Å². The Bertz CT molecular complexity index is 1250. The molecule has 2 N–H and O–H groups in total. The lowest BCUT2D eigenvalue weighted by molar-refractivity contribution is 0.603. The number of hydrogen-bond acceptors (Lipinski definition) is 5. The maximum Gasteiger partial charge on any atom is 0.198 e. The predicted molar refractivity (Wildman–Crippen MR) is 116 cm³/mol. The highest BCUT2D eigenvalue weighted by molar-refractivity contribution is 5.86. The van der Waals surface area contributed by atoms with E-state index in [0.717, 1.165) is 5.52 Å². The Kier molecular flexibility index (Phi) is 4.66. The Labute approximate surface area is 168 Å². The Hall–Kier alpha value is -3.48. The van der Waals surface area contributed by atoms with Crippen LogP contribution in [0.5, 0.6) is 0 Å². The third kappa shape index (κ3) is 3.29. The summed E-state index contributed by atoms with van der Waals surface area (Å²) in [5, 5.41) is 8.84. The summed E-state index contributed by atoms with van der Waals surface area (Å²) in [5.41, 5.74) is 9.11. The van der Waals surface area contributed by atoms with E-state index in [1.807, 2.05) is 41.1 Å². The van der Waals surface area contributed by atoms with Crippen molar-refractivity contribution in [2.45, 2.75) is 39.8 Å². The van der Waals surface area contributed by atoms with Crippen LogP contribution in [0.15, 0.2) is 53.7 Å². The lowest BCUT2D eigenvalue weighted by Crippen LogP contribution is -2.14. The molecule has 0 aliphatic carbocycles. The van der Waals surface area contributed by atoms with E-state index in [1.54, 1.807) is 12.4 Å². The van der Waals surface area contributed by atoms with Crippen LogP contribution >= 0.6 is 0 Å². The van der Waals surface area contributed by atoms with Crippen LogP contribution in [-0.4, -0.2) is 24.3 Å². The number of benzene rings is 1. The minimum atomic E-state index is -0.0841. The van der Waals surface area contributed by atoms with E-state index in [9.17, 15) is 4.79 Å². The highest BCUT2D eigenvalue weighted by Crippen LogP contribution is 2.25. The van der Waals surface area contributed by atoms with Gasteiger partial charge < -0.3 is 14.9 Å². The number of nitrogen functional groups attached to an aromatic ring is 1. The molecule has 0 saturated heterocycles. The van der Waals surface area contributed by atoms with E-state index >= 15 is 0 Å². The lowest BCUT2D eigenvalue weighted by Gasteiger charge is -2.17. The van der Waals surface area contributed by atoms with Gasteiger partial charge >= 0.3 is 0 Å². The van der Waals surface area contributed by atoms with Crippen LogP contribution < -0.4 is 11.2 Å². The molecule has 3 heterocycles. The molecule has 7 heteroatoms. The second-order valence-electron chi connectivity index (χ2n) is 7.71. The van der Waals surface area contributed by atoms with Crippen LogP contribution in [0.3, 0.4) is 0 Å². The predicted octanol–water partition coefficient (Wildman–Crippen LogP) is 4.07. The number of anilines is 1. The van der Waals surface area contributed by atoms with Crippen LogP contribution in [-0.2, 0) is 0 Å². The molecule has 0 spiro atoms. The van der Waals surface area contributed by atoms with Crippen molar-refractivity contribution in [1.29, 1.82) is 0 Å². The van der Waals surface area contributed by atoms with E-state index in [4.69, 9.17) is 10.7 Å². The quantitative estimate of drug-likeness (QED) is 0.532. The molecule has 0 amide bonds. The second-order valence-corrected chi connectivity index (χ2v) is 7.71. The Morgan fingerprint density at radius 1 is 0.966 bits per heavy atom. The molecular formula is C22H24N6O. The highest BCUT2D eigenvalue weighted by Gasteiger charge is 2.16. The number of fused-ring (bicyclic) bond motifs is 1. The first kappa shape index (κ1) is 18.9. The van der Waals surface area contributed by atoms with E-state index in [2.05, 4.69) is 42.5 Å². The molecular weight excluding hydrogens is 364 g/mol. The molecule has 0 saturated carbocycles. The molecule has 0 radical (unpaired) electrons. The lowest BCUT2D eigenvalue weighted by atomic mass is 10.1. The van der Waals surface area contributed by atoms with Crippen molar-refractivity contribution in [3.63, 3.8) is 0 Å². The number of hydrogen-bond donors (Lipinski definition) is 1. The van der Waals surface area contributed by atoms with Gasteiger partial charge in [0.05, 0.1) is 16.8 Å². The minimum Gasteiger partial charge on any atom is -0.399 e. The van der Waals surface area contributed by atoms with Gasteiger partial charge in [-0.15, -0.1) is 10.2 Å². The van der Waals surface area contributed by atoms with Gasteiger partial charge in [-0.1, -0.05) is 6.07 Å². The number of rotatable bonds is 4. The Balaban J connectivity index is 1.95. The fourth-order valence-corrected chi connectivity index (χ4v) is 3.50. The van der Waals surface area contributed by atoms with Gasteiger partial charge in [0, 0.05) is 29.4 Å². The van der Waals surface area contributed by atoms with Crippen molar-refractivity contribution in [2.75, 3.05) is 5.73 Å². The van der Waals surface area contributed by atoms with Crippen LogP contribution in [0.25, 0.3) is 33.7 Å². The van der Waals surface area contributed by atoms with E-state index in [1.165, 1.54) is 0 Å². The van der Waals surface area contributed by atoms with Gasteiger partial charge in [0.2, 0.25) is 0 Å². The van der Waals surface area contributed by atoms with E-state index < -0.39 is 0 Å². The molecule has 148 valence electrons. The smallest absolute Gasteiger partial charge is 0.198 e. The molecule has 29 heavy (non-hydrogen) atoms. The Morgan fingerprint density at radius 3 is 2.41 bits per heavy atom. The highest BCUT2D eigenvalue weighted by atomic mass is 16.1. The summed E-state index contributed by atoms with van der Waals surface area (Å²) >= 11 is 0. The zero-order valence-electron chi connectivity index (χ0n) is 17.0. The SMILES string of the molecule is CC(C)n1cnnc1-c1cccc(-c2cn(C(C)C)c3ccc(N)cc3c2=O)n1. The average Bonchev–Trinajstić information content (AvgIpc) is 3.19.